The maximum Gasteiger partial charge on any atom is 0.186 e. The van der Waals surface area contributed by atoms with Crippen LogP contribution in [0.2, 0.25) is 0 Å². The number of Topliss-reactive ketones (excluding diaryl/α,β-unsaturated/α-hetero) is 1. The number of ketones is 1. The van der Waals surface area contributed by atoms with Crippen molar-refractivity contribution in [2.24, 2.45) is 0 Å². The zero-order chi connectivity index (χ0) is 10.0. The molecule has 2 nitrogen and oxygen atoms in total. The molecule has 0 aliphatic carbocycles. The molecule has 0 amide bonds. The van der Waals surface area contributed by atoms with Crippen LogP contribution in [0.1, 0.15) is 20.1 Å². The highest BCUT2D eigenvalue weighted by molar-refractivity contribution is 9.10. The van der Waals surface area contributed by atoms with Crippen molar-refractivity contribution in [1.29, 1.82) is 0 Å². The van der Waals surface area contributed by atoms with E-state index in [0.717, 1.165) is 19.8 Å². The largest absolute Gasteiger partial charge is 0.313 e. The minimum absolute atomic E-state index is 0.166. The first-order valence-corrected chi connectivity index (χ1v) is 5.62. The molecule has 1 heterocycles. The van der Waals surface area contributed by atoms with Gasteiger partial charge in [0.15, 0.2) is 5.78 Å². The van der Waals surface area contributed by atoms with E-state index in [9.17, 15) is 4.79 Å². The molecule has 0 saturated carbocycles. The smallest absolute Gasteiger partial charge is 0.186 e. The first-order valence-electron chi connectivity index (χ1n) is 4.01. The molecule has 0 saturated heterocycles. The van der Waals surface area contributed by atoms with Gasteiger partial charge in [-0.05, 0) is 42.4 Å². The van der Waals surface area contributed by atoms with Gasteiger partial charge >= 0.3 is 0 Å². The number of thiophene rings is 1. The second-order valence-electron chi connectivity index (χ2n) is 2.88. The summed E-state index contributed by atoms with van der Waals surface area (Å²) in [6.45, 7) is 4.39. The third-order valence-electron chi connectivity index (χ3n) is 1.82. The van der Waals surface area contributed by atoms with Gasteiger partial charge in [-0.1, -0.05) is 0 Å². The molecule has 1 aromatic heterocycles. The Kier molecular flexibility index (Phi) is 3.64. The van der Waals surface area contributed by atoms with Gasteiger partial charge in [-0.25, -0.2) is 0 Å². The molecule has 4 heteroatoms. The highest BCUT2D eigenvalue weighted by Gasteiger charge is 2.15. The van der Waals surface area contributed by atoms with E-state index in [2.05, 4.69) is 21.2 Å². The van der Waals surface area contributed by atoms with Crippen LogP contribution in [0.5, 0.6) is 0 Å². The molecule has 0 fully saturated rings. The average Bonchev–Trinajstić information content (AvgIpc) is 2.33. The van der Waals surface area contributed by atoms with Crippen LogP contribution < -0.4 is 5.32 Å². The Morgan fingerprint density at radius 1 is 1.54 bits per heavy atom. The Bertz CT molecular complexity index is 333. The fraction of sp³-hybridized carbons (Fsp3) is 0.444. The number of rotatable bonds is 3. The third kappa shape index (κ3) is 2.18. The molecule has 1 N–H and O–H groups in total. The minimum atomic E-state index is 0.166. The maximum atomic E-state index is 11.6. The SMILES string of the molecule is CNCC(=O)c1sc(C)c(Br)c1C. The summed E-state index contributed by atoms with van der Waals surface area (Å²) < 4.78 is 1.07. The molecular formula is C9H12BrNOS. The van der Waals surface area contributed by atoms with Gasteiger partial charge in [0.2, 0.25) is 0 Å². The summed E-state index contributed by atoms with van der Waals surface area (Å²) in [6.07, 6.45) is 0. The minimum Gasteiger partial charge on any atom is -0.313 e. The molecule has 1 rings (SSSR count). The lowest BCUT2D eigenvalue weighted by atomic mass is 10.2. The summed E-state index contributed by atoms with van der Waals surface area (Å²) in [5.41, 5.74) is 1.06. The van der Waals surface area contributed by atoms with Crippen LogP contribution in [-0.2, 0) is 0 Å². The molecule has 0 radical (unpaired) electrons. The molecule has 0 aromatic carbocycles. The quantitative estimate of drug-likeness (QED) is 0.848. The van der Waals surface area contributed by atoms with Gasteiger partial charge in [-0.2, -0.15) is 0 Å². The third-order valence-corrected chi connectivity index (χ3v) is 4.52. The van der Waals surface area contributed by atoms with Crippen molar-refractivity contribution < 1.29 is 4.79 Å². The van der Waals surface area contributed by atoms with Crippen molar-refractivity contribution in [3.8, 4) is 0 Å². The maximum absolute atomic E-state index is 11.6. The lowest BCUT2D eigenvalue weighted by Crippen LogP contribution is -2.18. The van der Waals surface area contributed by atoms with Gasteiger partial charge < -0.3 is 5.32 Å². The predicted octanol–water partition coefficient (Wildman–Crippen LogP) is 2.53. The van der Waals surface area contributed by atoms with Gasteiger partial charge in [0.05, 0.1) is 11.4 Å². The summed E-state index contributed by atoms with van der Waals surface area (Å²) >= 11 is 5.01. The van der Waals surface area contributed by atoms with Crippen molar-refractivity contribution in [1.82, 2.24) is 5.32 Å². The normalized spacial score (nSPS) is 10.5. The molecule has 1 aromatic rings. The highest BCUT2D eigenvalue weighted by atomic mass is 79.9. The van der Waals surface area contributed by atoms with E-state index >= 15 is 0 Å². The molecular weight excluding hydrogens is 250 g/mol. The summed E-state index contributed by atoms with van der Waals surface area (Å²) in [7, 11) is 1.78. The van der Waals surface area contributed by atoms with Crippen LogP contribution in [0.25, 0.3) is 0 Å². The van der Waals surface area contributed by atoms with Gasteiger partial charge in [0, 0.05) is 9.35 Å². The molecule has 0 atom stereocenters. The summed E-state index contributed by atoms with van der Waals surface area (Å²) in [6, 6.07) is 0. The second kappa shape index (κ2) is 4.35. The molecule has 0 spiro atoms. The summed E-state index contributed by atoms with van der Waals surface area (Å²) in [5, 5.41) is 2.86. The zero-order valence-electron chi connectivity index (χ0n) is 7.90. The van der Waals surface area contributed by atoms with E-state index in [0.29, 0.717) is 6.54 Å². The van der Waals surface area contributed by atoms with Crippen LogP contribution in [0, 0.1) is 13.8 Å². The second-order valence-corrected chi connectivity index (χ2v) is 4.90. The Balaban J connectivity index is 3.01. The molecule has 0 unspecified atom stereocenters. The van der Waals surface area contributed by atoms with E-state index in [4.69, 9.17) is 0 Å². The van der Waals surface area contributed by atoms with E-state index in [-0.39, 0.29) is 5.78 Å². The Morgan fingerprint density at radius 3 is 2.54 bits per heavy atom. The fourth-order valence-corrected chi connectivity index (χ4v) is 2.71. The molecule has 0 aliphatic rings. The highest BCUT2D eigenvalue weighted by Crippen LogP contribution is 2.31. The van der Waals surface area contributed by atoms with Crippen molar-refractivity contribution in [3.05, 3.63) is 19.8 Å². The number of likely N-dealkylation sites (N-methyl/N-ethyl adjacent to an activating group) is 1. The number of hydrogen-bond donors (Lipinski definition) is 1. The Labute approximate surface area is 90.5 Å². The van der Waals surface area contributed by atoms with E-state index in [1.165, 1.54) is 0 Å². The van der Waals surface area contributed by atoms with Crippen LogP contribution in [-0.4, -0.2) is 19.4 Å². The van der Waals surface area contributed by atoms with E-state index in [1.807, 2.05) is 13.8 Å². The zero-order valence-corrected chi connectivity index (χ0v) is 10.3. The van der Waals surface area contributed by atoms with Crippen molar-refractivity contribution in [2.45, 2.75) is 13.8 Å². The monoisotopic (exact) mass is 261 g/mol. The first kappa shape index (κ1) is 10.9. The van der Waals surface area contributed by atoms with E-state index < -0.39 is 0 Å². The summed E-state index contributed by atoms with van der Waals surface area (Å²) in [5.74, 6) is 0.166. The van der Waals surface area contributed by atoms with Gasteiger partial charge in [-0.3, -0.25) is 4.79 Å². The Hall–Kier alpha value is -0.190. The van der Waals surface area contributed by atoms with Gasteiger partial charge in [0.25, 0.3) is 0 Å². The molecule has 72 valence electrons. The van der Waals surface area contributed by atoms with Crippen LogP contribution in [0.3, 0.4) is 0 Å². The van der Waals surface area contributed by atoms with Gasteiger partial charge in [-0.15, -0.1) is 11.3 Å². The van der Waals surface area contributed by atoms with Crippen LogP contribution >= 0.6 is 27.3 Å². The number of halogens is 1. The standard InChI is InChI=1S/C9H12BrNOS/c1-5-8(10)6(2)13-9(5)7(12)4-11-3/h11H,4H2,1-3H3. The van der Waals surface area contributed by atoms with Crippen molar-refractivity contribution in [2.75, 3.05) is 13.6 Å². The molecule has 0 bridgehead atoms. The van der Waals surface area contributed by atoms with Crippen LogP contribution in [0.4, 0.5) is 0 Å². The fourth-order valence-electron chi connectivity index (χ4n) is 1.15. The average molecular weight is 262 g/mol. The number of carbonyl (C=O) groups excluding carboxylic acids is 1. The molecule has 13 heavy (non-hydrogen) atoms. The topological polar surface area (TPSA) is 29.1 Å². The first-order chi connectivity index (χ1) is 6.07. The van der Waals surface area contributed by atoms with Gasteiger partial charge in [0.1, 0.15) is 0 Å². The van der Waals surface area contributed by atoms with Crippen molar-refractivity contribution >= 4 is 33.0 Å². The number of aryl methyl sites for hydroxylation is 1. The molecule has 0 aliphatic heterocycles. The number of nitrogens with one attached hydrogen (secondary N) is 1. The van der Waals surface area contributed by atoms with E-state index in [1.54, 1.807) is 18.4 Å². The lowest BCUT2D eigenvalue weighted by Gasteiger charge is -1.97. The summed E-state index contributed by atoms with van der Waals surface area (Å²) in [4.78, 5) is 13.6. The predicted molar refractivity (Wildman–Crippen MR) is 59.8 cm³/mol. The number of carbonyl (C=O) groups is 1. The number of hydrogen-bond acceptors (Lipinski definition) is 3. The van der Waals surface area contributed by atoms with Crippen LogP contribution in [0.15, 0.2) is 4.47 Å². The Morgan fingerprint density at radius 2 is 2.15 bits per heavy atom. The van der Waals surface area contributed by atoms with Crippen molar-refractivity contribution in [3.63, 3.8) is 0 Å². The lowest BCUT2D eigenvalue weighted by molar-refractivity contribution is 0.0997.